The molecule has 1 N–H and O–H groups in total. The maximum atomic E-state index is 5.48. The second-order valence-corrected chi connectivity index (χ2v) is 4.42. The topological polar surface area (TPSA) is 70.8 Å². The first-order chi connectivity index (χ1) is 8.31. The summed E-state index contributed by atoms with van der Waals surface area (Å²) in [6.07, 6.45) is 4.71. The zero-order valence-electron chi connectivity index (χ0n) is 9.76. The van der Waals surface area contributed by atoms with Crippen molar-refractivity contribution in [3.05, 3.63) is 30.0 Å². The van der Waals surface area contributed by atoms with Gasteiger partial charge in [0.1, 0.15) is 5.82 Å². The average molecular weight is 233 g/mol. The molecule has 0 aliphatic carbocycles. The quantitative estimate of drug-likeness (QED) is 0.859. The van der Waals surface area contributed by atoms with Crippen LogP contribution in [0.4, 0.5) is 0 Å². The number of hydrogen-bond donors (Lipinski definition) is 1. The van der Waals surface area contributed by atoms with Crippen molar-refractivity contribution in [3.63, 3.8) is 0 Å². The van der Waals surface area contributed by atoms with Crippen LogP contribution in [0.2, 0.25) is 0 Å². The fourth-order valence-electron chi connectivity index (χ4n) is 2.25. The van der Waals surface area contributed by atoms with Crippen molar-refractivity contribution < 1.29 is 4.42 Å². The molecule has 0 saturated carbocycles. The molecule has 1 unspecified atom stereocenters. The normalized spacial score (nSPS) is 21.1. The van der Waals surface area contributed by atoms with Gasteiger partial charge in [0.05, 0.1) is 12.5 Å². The number of aromatic nitrogens is 4. The van der Waals surface area contributed by atoms with Crippen LogP contribution in [0.25, 0.3) is 0 Å². The van der Waals surface area contributed by atoms with Gasteiger partial charge in [-0.2, -0.15) is 0 Å². The van der Waals surface area contributed by atoms with Gasteiger partial charge in [0.2, 0.25) is 11.8 Å². The van der Waals surface area contributed by atoms with Gasteiger partial charge < -0.3 is 9.40 Å². The molecule has 0 amide bonds. The number of hydrogen-bond acceptors (Lipinski definition) is 5. The SMILES string of the molecule is Cc1nnc(C2CCN(Cc3ncc[nH]3)C2)o1. The van der Waals surface area contributed by atoms with Gasteiger partial charge in [-0.05, 0) is 13.0 Å². The first kappa shape index (κ1) is 10.5. The number of aromatic amines is 1. The number of likely N-dealkylation sites (tertiary alicyclic amines) is 1. The molecule has 2 aromatic heterocycles. The van der Waals surface area contributed by atoms with E-state index >= 15 is 0 Å². The predicted octanol–water partition coefficient (Wildman–Crippen LogP) is 1.09. The van der Waals surface area contributed by atoms with E-state index in [1.165, 1.54) is 0 Å². The number of nitrogens with zero attached hydrogens (tertiary/aromatic N) is 4. The molecule has 1 saturated heterocycles. The Morgan fingerprint density at radius 1 is 1.53 bits per heavy atom. The lowest BCUT2D eigenvalue weighted by atomic mass is 10.1. The molecule has 3 rings (SSSR count). The standard InChI is InChI=1S/C11H15N5O/c1-8-14-15-11(17-8)9-2-5-16(6-9)7-10-12-3-4-13-10/h3-4,9H,2,5-7H2,1H3,(H,12,13). The third kappa shape index (κ3) is 2.21. The average Bonchev–Trinajstić information content (AvgIpc) is 2.99. The molecule has 0 spiro atoms. The Kier molecular flexibility index (Phi) is 2.64. The summed E-state index contributed by atoms with van der Waals surface area (Å²) in [4.78, 5) is 9.70. The highest BCUT2D eigenvalue weighted by Gasteiger charge is 2.28. The molecule has 1 aliphatic heterocycles. The largest absolute Gasteiger partial charge is 0.425 e. The van der Waals surface area contributed by atoms with Gasteiger partial charge in [0.25, 0.3) is 0 Å². The Labute approximate surface area is 99.1 Å². The molecule has 6 nitrogen and oxygen atoms in total. The summed E-state index contributed by atoms with van der Waals surface area (Å²) >= 11 is 0. The summed E-state index contributed by atoms with van der Waals surface area (Å²) in [5, 5.41) is 7.97. The fourth-order valence-corrected chi connectivity index (χ4v) is 2.25. The number of nitrogens with one attached hydrogen (secondary N) is 1. The highest BCUT2D eigenvalue weighted by Crippen LogP contribution is 2.26. The van der Waals surface area contributed by atoms with E-state index in [-0.39, 0.29) is 0 Å². The van der Waals surface area contributed by atoms with Crippen molar-refractivity contribution in [3.8, 4) is 0 Å². The monoisotopic (exact) mass is 233 g/mol. The van der Waals surface area contributed by atoms with Gasteiger partial charge in [-0.25, -0.2) is 4.98 Å². The number of imidazole rings is 1. The van der Waals surface area contributed by atoms with Crippen LogP contribution in [-0.4, -0.2) is 38.2 Å². The van der Waals surface area contributed by atoms with Gasteiger partial charge in [-0.3, -0.25) is 4.90 Å². The van der Waals surface area contributed by atoms with Crippen molar-refractivity contribution in [2.75, 3.05) is 13.1 Å². The highest BCUT2D eigenvalue weighted by atomic mass is 16.4. The molecule has 6 heteroatoms. The zero-order chi connectivity index (χ0) is 11.7. The van der Waals surface area contributed by atoms with Gasteiger partial charge in [0, 0.05) is 25.9 Å². The van der Waals surface area contributed by atoms with E-state index in [2.05, 4.69) is 25.1 Å². The van der Waals surface area contributed by atoms with E-state index in [9.17, 15) is 0 Å². The molecule has 1 fully saturated rings. The molecule has 0 aromatic carbocycles. The Morgan fingerprint density at radius 3 is 3.18 bits per heavy atom. The van der Waals surface area contributed by atoms with E-state index in [1.54, 1.807) is 6.20 Å². The molecule has 2 aromatic rings. The lowest BCUT2D eigenvalue weighted by Gasteiger charge is -2.12. The lowest BCUT2D eigenvalue weighted by Crippen LogP contribution is -2.20. The van der Waals surface area contributed by atoms with Gasteiger partial charge >= 0.3 is 0 Å². The summed E-state index contributed by atoms with van der Waals surface area (Å²) in [6.45, 7) is 4.69. The zero-order valence-corrected chi connectivity index (χ0v) is 9.76. The van der Waals surface area contributed by atoms with Crippen LogP contribution in [-0.2, 0) is 6.54 Å². The van der Waals surface area contributed by atoms with Crippen LogP contribution in [0, 0.1) is 6.92 Å². The number of rotatable bonds is 3. The minimum Gasteiger partial charge on any atom is -0.425 e. The third-order valence-corrected chi connectivity index (χ3v) is 3.09. The Morgan fingerprint density at radius 2 is 2.47 bits per heavy atom. The second-order valence-electron chi connectivity index (χ2n) is 4.42. The summed E-state index contributed by atoms with van der Waals surface area (Å²) < 4.78 is 5.48. The molecule has 1 atom stereocenters. The lowest BCUT2D eigenvalue weighted by molar-refractivity contribution is 0.312. The van der Waals surface area contributed by atoms with E-state index in [0.29, 0.717) is 11.8 Å². The van der Waals surface area contributed by atoms with Gasteiger partial charge in [-0.1, -0.05) is 0 Å². The smallest absolute Gasteiger partial charge is 0.220 e. The van der Waals surface area contributed by atoms with Gasteiger partial charge in [-0.15, -0.1) is 10.2 Å². The van der Waals surface area contributed by atoms with Crippen LogP contribution in [0.1, 0.15) is 29.9 Å². The Bertz CT molecular complexity index is 478. The van der Waals surface area contributed by atoms with Crippen molar-refractivity contribution in [2.45, 2.75) is 25.8 Å². The Balaban J connectivity index is 1.62. The first-order valence-electron chi connectivity index (χ1n) is 5.82. The molecule has 3 heterocycles. The number of H-pyrrole nitrogens is 1. The Hall–Kier alpha value is -1.69. The van der Waals surface area contributed by atoms with E-state index in [4.69, 9.17) is 4.42 Å². The maximum absolute atomic E-state index is 5.48. The molecular formula is C11H15N5O. The minimum absolute atomic E-state index is 0.367. The second kappa shape index (κ2) is 4.29. The first-order valence-corrected chi connectivity index (χ1v) is 5.82. The van der Waals surface area contributed by atoms with Crippen molar-refractivity contribution in [1.82, 2.24) is 25.1 Å². The van der Waals surface area contributed by atoms with Crippen molar-refractivity contribution >= 4 is 0 Å². The molecule has 90 valence electrons. The fraction of sp³-hybridized carbons (Fsp3) is 0.545. The van der Waals surface area contributed by atoms with Crippen molar-refractivity contribution in [1.29, 1.82) is 0 Å². The third-order valence-electron chi connectivity index (χ3n) is 3.09. The molecular weight excluding hydrogens is 218 g/mol. The van der Waals surface area contributed by atoms with E-state index in [0.717, 1.165) is 37.8 Å². The van der Waals surface area contributed by atoms with E-state index < -0.39 is 0 Å². The molecule has 17 heavy (non-hydrogen) atoms. The van der Waals surface area contributed by atoms with Crippen LogP contribution in [0.5, 0.6) is 0 Å². The van der Waals surface area contributed by atoms with Gasteiger partial charge in [0.15, 0.2) is 0 Å². The van der Waals surface area contributed by atoms with Crippen LogP contribution < -0.4 is 0 Å². The summed E-state index contributed by atoms with van der Waals surface area (Å²) in [6, 6.07) is 0. The van der Waals surface area contributed by atoms with E-state index in [1.807, 2.05) is 13.1 Å². The van der Waals surface area contributed by atoms with Crippen LogP contribution >= 0.6 is 0 Å². The summed E-state index contributed by atoms with van der Waals surface area (Å²) in [7, 11) is 0. The highest BCUT2D eigenvalue weighted by molar-refractivity contribution is 4.98. The predicted molar refractivity (Wildman–Crippen MR) is 60.3 cm³/mol. The van der Waals surface area contributed by atoms with Crippen LogP contribution in [0.3, 0.4) is 0 Å². The molecule has 1 aliphatic rings. The van der Waals surface area contributed by atoms with Crippen molar-refractivity contribution in [2.24, 2.45) is 0 Å². The molecule has 0 radical (unpaired) electrons. The molecule has 0 bridgehead atoms. The summed E-state index contributed by atoms with van der Waals surface area (Å²) in [5.41, 5.74) is 0. The van der Waals surface area contributed by atoms with Crippen LogP contribution in [0.15, 0.2) is 16.8 Å². The minimum atomic E-state index is 0.367. The number of aryl methyl sites for hydroxylation is 1. The maximum Gasteiger partial charge on any atom is 0.220 e. The summed E-state index contributed by atoms with van der Waals surface area (Å²) in [5.74, 6) is 2.78.